The number of carbonyl (C=O) groups excluding carboxylic acids is 2. The lowest BCUT2D eigenvalue weighted by molar-refractivity contribution is -0.128. The molecule has 1 saturated heterocycles. The fourth-order valence-electron chi connectivity index (χ4n) is 4.90. The average Bonchev–Trinajstić information content (AvgIpc) is 3.00. The van der Waals surface area contributed by atoms with E-state index in [1.807, 2.05) is 26.0 Å². The number of amides is 2. The van der Waals surface area contributed by atoms with Crippen LogP contribution >= 0.6 is 0 Å². The third-order valence-corrected chi connectivity index (χ3v) is 6.59. The first-order valence-electron chi connectivity index (χ1n) is 10.9. The fourth-order valence-corrected chi connectivity index (χ4v) is 4.90. The number of likely N-dealkylation sites (tertiary alicyclic amines) is 1. The molecule has 0 radical (unpaired) electrons. The Balaban J connectivity index is 1.57. The van der Waals surface area contributed by atoms with Gasteiger partial charge < -0.3 is 16.4 Å². The molecule has 4 N–H and O–H groups in total. The lowest BCUT2D eigenvalue weighted by atomic mass is 9.84. The van der Waals surface area contributed by atoms with Crippen LogP contribution in [0.4, 0.5) is 15.8 Å². The first kappa shape index (κ1) is 21.3. The van der Waals surface area contributed by atoms with E-state index in [1.54, 1.807) is 12.1 Å². The number of rotatable bonds is 6. The van der Waals surface area contributed by atoms with Crippen LogP contribution in [-0.4, -0.2) is 36.3 Å². The number of primary amides is 1. The van der Waals surface area contributed by atoms with E-state index >= 15 is 0 Å². The number of piperidine rings is 1. The van der Waals surface area contributed by atoms with Gasteiger partial charge in [0.25, 0.3) is 0 Å². The molecule has 7 heteroatoms. The molecule has 1 fully saturated rings. The zero-order chi connectivity index (χ0) is 22.2. The molecule has 2 amide bonds. The van der Waals surface area contributed by atoms with E-state index in [-0.39, 0.29) is 11.7 Å². The molecule has 2 heterocycles. The molecule has 2 aliphatic rings. The summed E-state index contributed by atoms with van der Waals surface area (Å²) in [5.41, 5.74) is 8.06. The van der Waals surface area contributed by atoms with Crippen molar-refractivity contribution in [3.8, 4) is 0 Å². The van der Waals surface area contributed by atoms with Crippen molar-refractivity contribution in [2.24, 2.45) is 11.7 Å². The van der Waals surface area contributed by atoms with E-state index in [9.17, 15) is 14.0 Å². The Morgan fingerprint density at radius 2 is 2.06 bits per heavy atom. The normalized spacial score (nSPS) is 23.3. The van der Waals surface area contributed by atoms with Gasteiger partial charge in [-0.15, -0.1) is 0 Å². The fraction of sp³-hybridized carbons (Fsp3) is 0.417. The third-order valence-electron chi connectivity index (χ3n) is 6.59. The van der Waals surface area contributed by atoms with Crippen molar-refractivity contribution in [1.82, 2.24) is 4.90 Å². The van der Waals surface area contributed by atoms with E-state index in [4.69, 9.17) is 5.73 Å². The van der Waals surface area contributed by atoms with Crippen LogP contribution in [0.1, 0.15) is 48.2 Å². The summed E-state index contributed by atoms with van der Waals surface area (Å²) in [6, 6.07) is 10.3. The lowest BCUT2D eigenvalue weighted by Crippen LogP contribution is -2.53. The Bertz CT molecular complexity index is 1010. The Morgan fingerprint density at radius 1 is 1.32 bits per heavy atom. The molecule has 0 aliphatic carbocycles. The van der Waals surface area contributed by atoms with Gasteiger partial charge in [-0.05, 0) is 75.4 Å². The van der Waals surface area contributed by atoms with Gasteiger partial charge in [0, 0.05) is 24.2 Å². The van der Waals surface area contributed by atoms with Gasteiger partial charge in [-0.1, -0.05) is 12.1 Å². The van der Waals surface area contributed by atoms with Crippen LogP contribution in [0.15, 0.2) is 36.4 Å². The van der Waals surface area contributed by atoms with E-state index in [1.165, 1.54) is 12.1 Å². The van der Waals surface area contributed by atoms with E-state index in [0.717, 1.165) is 37.9 Å². The van der Waals surface area contributed by atoms with Crippen LogP contribution < -0.4 is 16.4 Å². The van der Waals surface area contributed by atoms with Gasteiger partial charge in [-0.3, -0.25) is 14.5 Å². The number of nitrogens with two attached hydrogens (primary N) is 1. The summed E-state index contributed by atoms with van der Waals surface area (Å²) in [5, 5.41) is 6.15. The maximum absolute atomic E-state index is 14.4. The second-order valence-corrected chi connectivity index (χ2v) is 8.65. The van der Waals surface area contributed by atoms with Gasteiger partial charge in [-0.25, -0.2) is 4.39 Å². The zero-order valence-electron chi connectivity index (χ0n) is 18.0. The Morgan fingerprint density at radius 3 is 2.74 bits per heavy atom. The van der Waals surface area contributed by atoms with Gasteiger partial charge in [0.1, 0.15) is 11.4 Å². The largest absolute Gasteiger partial charge is 0.384 e. The second-order valence-electron chi connectivity index (χ2n) is 8.65. The number of hydrogen-bond acceptors (Lipinski definition) is 4. The SMILES string of the molecule is CCNc1cc(F)cc2c1NC(=O)[C@@]2(C)N1CCCC(Cc2ccc(C(N)=O)cc2)C1. The highest BCUT2D eigenvalue weighted by atomic mass is 19.1. The molecule has 2 aliphatic heterocycles. The summed E-state index contributed by atoms with van der Waals surface area (Å²) in [4.78, 5) is 26.6. The Labute approximate surface area is 182 Å². The van der Waals surface area contributed by atoms with Crippen LogP contribution in [0, 0.1) is 11.7 Å². The van der Waals surface area contributed by atoms with Crippen molar-refractivity contribution >= 4 is 23.2 Å². The van der Waals surface area contributed by atoms with Crippen molar-refractivity contribution < 1.29 is 14.0 Å². The summed E-state index contributed by atoms with van der Waals surface area (Å²) < 4.78 is 14.4. The van der Waals surface area contributed by atoms with Crippen molar-refractivity contribution in [2.45, 2.75) is 38.6 Å². The topological polar surface area (TPSA) is 87.5 Å². The maximum atomic E-state index is 14.4. The predicted molar refractivity (Wildman–Crippen MR) is 120 cm³/mol. The molecule has 4 rings (SSSR count). The van der Waals surface area contributed by atoms with E-state index < -0.39 is 11.4 Å². The number of carbonyl (C=O) groups is 2. The summed E-state index contributed by atoms with van der Waals surface area (Å²) in [6.45, 7) is 6.01. The minimum absolute atomic E-state index is 0.112. The summed E-state index contributed by atoms with van der Waals surface area (Å²) in [6.07, 6.45) is 2.88. The molecule has 164 valence electrons. The third kappa shape index (κ3) is 3.90. The van der Waals surface area contributed by atoms with Crippen LogP contribution in [0.5, 0.6) is 0 Å². The van der Waals surface area contributed by atoms with E-state index in [0.29, 0.717) is 35.0 Å². The number of halogens is 1. The average molecular weight is 425 g/mol. The molecular formula is C24H29FN4O2. The van der Waals surface area contributed by atoms with E-state index in [2.05, 4.69) is 15.5 Å². The van der Waals surface area contributed by atoms with Gasteiger partial charge in [0.05, 0.1) is 11.4 Å². The summed E-state index contributed by atoms with van der Waals surface area (Å²) >= 11 is 0. The number of nitrogens with one attached hydrogen (secondary N) is 2. The predicted octanol–water partition coefficient (Wildman–Crippen LogP) is 3.48. The van der Waals surface area contributed by atoms with Crippen molar-refractivity contribution in [3.63, 3.8) is 0 Å². The number of benzene rings is 2. The van der Waals surface area contributed by atoms with Gasteiger partial charge in [0.15, 0.2) is 0 Å². The summed E-state index contributed by atoms with van der Waals surface area (Å²) in [5.74, 6) is -0.527. The standard InChI is InChI=1S/C24H29FN4O2/c1-3-27-20-13-18(25)12-19-21(20)28-23(31)24(19,2)29-10-4-5-16(14-29)11-15-6-8-17(9-7-15)22(26)30/h6-9,12-13,16,27H,3-5,10-11,14H2,1-2H3,(H2,26,30)(H,28,31)/t16?,24-/m0/s1. The molecule has 2 aromatic rings. The van der Waals surface area contributed by atoms with Crippen LogP contribution in [0.3, 0.4) is 0 Å². The number of nitrogens with zero attached hydrogens (tertiary/aromatic N) is 1. The highest BCUT2D eigenvalue weighted by molar-refractivity contribution is 6.08. The minimum Gasteiger partial charge on any atom is -0.384 e. The molecular weight excluding hydrogens is 395 g/mol. The number of hydrogen-bond donors (Lipinski definition) is 3. The molecule has 2 aromatic carbocycles. The lowest BCUT2D eigenvalue weighted by Gasteiger charge is -2.42. The summed E-state index contributed by atoms with van der Waals surface area (Å²) in [7, 11) is 0. The Hall–Kier alpha value is -2.93. The number of fused-ring (bicyclic) bond motifs is 1. The van der Waals surface area contributed by atoms with Gasteiger partial charge in [0.2, 0.25) is 11.8 Å². The van der Waals surface area contributed by atoms with Crippen molar-refractivity contribution in [2.75, 3.05) is 30.3 Å². The first-order chi connectivity index (χ1) is 14.8. The Kier molecular flexibility index (Phi) is 5.71. The highest BCUT2D eigenvalue weighted by Gasteiger charge is 2.49. The highest BCUT2D eigenvalue weighted by Crippen LogP contribution is 2.46. The molecule has 1 unspecified atom stereocenters. The minimum atomic E-state index is -0.907. The van der Waals surface area contributed by atoms with Crippen LogP contribution in [0.25, 0.3) is 0 Å². The first-order valence-corrected chi connectivity index (χ1v) is 10.9. The van der Waals surface area contributed by atoms with Crippen molar-refractivity contribution in [3.05, 3.63) is 58.9 Å². The zero-order valence-corrected chi connectivity index (χ0v) is 18.0. The van der Waals surface area contributed by atoms with Gasteiger partial charge >= 0.3 is 0 Å². The number of anilines is 2. The van der Waals surface area contributed by atoms with Gasteiger partial charge in [-0.2, -0.15) is 0 Å². The quantitative estimate of drug-likeness (QED) is 0.663. The molecule has 6 nitrogen and oxygen atoms in total. The molecule has 0 saturated carbocycles. The second kappa shape index (κ2) is 8.30. The maximum Gasteiger partial charge on any atom is 0.249 e. The molecule has 2 atom stereocenters. The molecule has 31 heavy (non-hydrogen) atoms. The smallest absolute Gasteiger partial charge is 0.249 e. The van der Waals surface area contributed by atoms with Crippen LogP contribution in [0.2, 0.25) is 0 Å². The van der Waals surface area contributed by atoms with Crippen LogP contribution in [-0.2, 0) is 16.8 Å². The monoisotopic (exact) mass is 424 g/mol. The molecule has 0 bridgehead atoms. The molecule has 0 aromatic heterocycles. The van der Waals surface area contributed by atoms with Crippen molar-refractivity contribution in [1.29, 1.82) is 0 Å². The molecule has 0 spiro atoms.